The molecule has 110 valence electrons. The van der Waals surface area contributed by atoms with Crippen molar-refractivity contribution in [3.05, 3.63) is 23.9 Å². The summed E-state index contributed by atoms with van der Waals surface area (Å²) >= 11 is 0. The molecule has 2 rings (SSSR count). The molecule has 2 N–H and O–H groups in total. The number of anilines is 1. The molecular formula is C15H23N3O2. The van der Waals surface area contributed by atoms with Crippen molar-refractivity contribution in [3.63, 3.8) is 0 Å². The summed E-state index contributed by atoms with van der Waals surface area (Å²) in [5.41, 5.74) is 0.592. The van der Waals surface area contributed by atoms with Crippen LogP contribution >= 0.6 is 0 Å². The summed E-state index contributed by atoms with van der Waals surface area (Å²) in [6, 6.07) is 3.56. The first kappa shape index (κ1) is 14.8. The van der Waals surface area contributed by atoms with Gasteiger partial charge in [-0.2, -0.15) is 0 Å². The third-order valence-electron chi connectivity index (χ3n) is 3.76. The largest absolute Gasteiger partial charge is 0.393 e. The minimum absolute atomic E-state index is 0.0955. The molecule has 0 aliphatic heterocycles. The maximum absolute atomic E-state index is 12.3. The lowest BCUT2D eigenvalue weighted by atomic mass is 9.87. The quantitative estimate of drug-likeness (QED) is 0.874. The smallest absolute Gasteiger partial charge is 0.255 e. The lowest BCUT2D eigenvalue weighted by Crippen LogP contribution is -2.33. The molecule has 5 heteroatoms. The predicted molar refractivity (Wildman–Crippen MR) is 78.9 cm³/mol. The Morgan fingerprint density at radius 3 is 3.00 bits per heavy atom. The highest BCUT2D eigenvalue weighted by Gasteiger charge is 2.21. The van der Waals surface area contributed by atoms with Crippen LogP contribution in [0.1, 0.15) is 36.0 Å². The summed E-state index contributed by atoms with van der Waals surface area (Å²) in [5, 5.41) is 12.6. The number of hydrogen-bond donors (Lipinski definition) is 2. The van der Waals surface area contributed by atoms with Gasteiger partial charge in [0.1, 0.15) is 5.82 Å². The highest BCUT2D eigenvalue weighted by Crippen LogP contribution is 2.23. The molecule has 1 aliphatic rings. The van der Waals surface area contributed by atoms with Crippen LogP contribution in [-0.4, -0.2) is 42.7 Å². The number of hydrogen-bond acceptors (Lipinski definition) is 4. The van der Waals surface area contributed by atoms with Gasteiger partial charge in [-0.05, 0) is 37.3 Å². The number of rotatable bonds is 4. The number of carbonyl (C=O) groups excluding carboxylic acids is 1. The number of nitrogens with one attached hydrogen (secondary N) is 1. The SMILES string of the molecule is CN(C)c1ncccc1C(=O)NCC1CCCC(O)C1. The van der Waals surface area contributed by atoms with Crippen LogP contribution in [0.4, 0.5) is 5.82 Å². The van der Waals surface area contributed by atoms with E-state index in [2.05, 4.69) is 10.3 Å². The molecule has 5 nitrogen and oxygen atoms in total. The summed E-state index contributed by atoms with van der Waals surface area (Å²) in [7, 11) is 3.74. The highest BCUT2D eigenvalue weighted by molar-refractivity contribution is 5.98. The third-order valence-corrected chi connectivity index (χ3v) is 3.76. The van der Waals surface area contributed by atoms with Gasteiger partial charge in [-0.3, -0.25) is 4.79 Å². The minimum atomic E-state index is -0.207. The van der Waals surface area contributed by atoms with Crippen LogP contribution in [0.15, 0.2) is 18.3 Å². The van der Waals surface area contributed by atoms with E-state index in [4.69, 9.17) is 0 Å². The zero-order valence-corrected chi connectivity index (χ0v) is 12.2. The number of amides is 1. The molecule has 0 spiro atoms. The van der Waals surface area contributed by atoms with Gasteiger partial charge in [-0.15, -0.1) is 0 Å². The predicted octanol–water partition coefficient (Wildman–Crippen LogP) is 1.43. The molecule has 0 saturated heterocycles. The summed E-state index contributed by atoms with van der Waals surface area (Å²) in [5.74, 6) is 0.956. The van der Waals surface area contributed by atoms with Gasteiger partial charge >= 0.3 is 0 Å². The van der Waals surface area contributed by atoms with Gasteiger partial charge in [0.2, 0.25) is 0 Å². The molecule has 2 atom stereocenters. The molecule has 20 heavy (non-hydrogen) atoms. The minimum Gasteiger partial charge on any atom is -0.393 e. The number of pyridine rings is 1. The van der Waals surface area contributed by atoms with Crippen molar-refractivity contribution >= 4 is 11.7 Å². The van der Waals surface area contributed by atoms with Gasteiger partial charge in [0, 0.05) is 26.8 Å². The van der Waals surface area contributed by atoms with Crippen LogP contribution in [0.2, 0.25) is 0 Å². The molecule has 0 bridgehead atoms. The van der Waals surface area contributed by atoms with Crippen LogP contribution in [0.3, 0.4) is 0 Å². The second-order valence-electron chi connectivity index (χ2n) is 5.67. The Morgan fingerprint density at radius 1 is 1.50 bits per heavy atom. The highest BCUT2D eigenvalue weighted by atomic mass is 16.3. The Hall–Kier alpha value is -1.62. The summed E-state index contributed by atoms with van der Waals surface area (Å²) in [6.07, 6.45) is 5.26. The summed E-state index contributed by atoms with van der Waals surface area (Å²) in [4.78, 5) is 18.3. The monoisotopic (exact) mass is 277 g/mol. The fraction of sp³-hybridized carbons (Fsp3) is 0.600. The average molecular weight is 277 g/mol. The number of aromatic nitrogens is 1. The van der Waals surface area contributed by atoms with Crippen LogP contribution in [0.5, 0.6) is 0 Å². The van der Waals surface area contributed by atoms with Crippen LogP contribution in [-0.2, 0) is 0 Å². The molecule has 1 fully saturated rings. The zero-order valence-electron chi connectivity index (χ0n) is 12.2. The number of aliphatic hydroxyl groups is 1. The third kappa shape index (κ3) is 3.70. The zero-order chi connectivity index (χ0) is 14.5. The van der Waals surface area contributed by atoms with Crippen LogP contribution in [0, 0.1) is 5.92 Å². The van der Waals surface area contributed by atoms with E-state index >= 15 is 0 Å². The van der Waals surface area contributed by atoms with Crippen molar-refractivity contribution in [3.8, 4) is 0 Å². The Bertz CT molecular complexity index is 462. The van der Waals surface area contributed by atoms with Gasteiger partial charge in [0.05, 0.1) is 11.7 Å². The number of carbonyl (C=O) groups is 1. The maximum Gasteiger partial charge on any atom is 0.255 e. The van der Waals surface area contributed by atoms with Crippen LogP contribution < -0.4 is 10.2 Å². The standard InChI is InChI=1S/C15H23N3O2/c1-18(2)14-13(7-4-8-16-14)15(20)17-10-11-5-3-6-12(19)9-11/h4,7-8,11-12,19H,3,5-6,9-10H2,1-2H3,(H,17,20). The topological polar surface area (TPSA) is 65.5 Å². The summed E-state index contributed by atoms with van der Waals surface area (Å²) < 4.78 is 0. The molecule has 1 aromatic rings. The van der Waals surface area contributed by atoms with E-state index < -0.39 is 0 Å². The Morgan fingerprint density at radius 2 is 2.30 bits per heavy atom. The Labute approximate surface area is 120 Å². The van der Waals surface area contributed by atoms with Crippen molar-refractivity contribution in [1.29, 1.82) is 0 Å². The second-order valence-corrected chi connectivity index (χ2v) is 5.67. The molecule has 2 unspecified atom stereocenters. The van der Waals surface area contributed by atoms with E-state index in [1.807, 2.05) is 19.0 Å². The Kier molecular flexibility index (Phi) is 4.95. The first-order chi connectivity index (χ1) is 9.58. The molecule has 0 aromatic carbocycles. The normalized spacial score (nSPS) is 22.4. The molecule has 1 saturated carbocycles. The molecule has 0 radical (unpaired) electrons. The molecule has 1 aliphatic carbocycles. The van der Waals surface area contributed by atoms with Gasteiger partial charge in [-0.1, -0.05) is 6.42 Å². The van der Waals surface area contributed by atoms with E-state index in [1.54, 1.807) is 18.3 Å². The number of nitrogens with zero attached hydrogens (tertiary/aromatic N) is 2. The summed E-state index contributed by atoms with van der Waals surface area (Å²) in [6.45, 7) is 0.623. The van der Waals surface area contributed by atoms with Crippen LogP contribution in [0.25, 0.3) is 0 Å². The lowest BCUT2D eigenvalue weighted by molar-refractivity contribution is 0.0874. The molecular weight excluding hydrogens is 254 g/mol. The first-order valence-corrected chi connectivity index (χ1v) is 7.16. The average Bonchev–Trinajstić information content (AvgIpc) is 2.45. The molecule has 1 aromatic heterocycles. The van der Waals surface area contributed by atoms with Crippen molar-refractivity contribution < 1.29 is 9.90 Å². The first-order valence-electron chi connectivity index (χ1n) is 7.16. The fourth-order valence-corrected chi connectivity index (χ4v) is 2.71. The molecule has 1 amide bonds. The van der Waals surface area contributed by atoms with Gasteiger partial charge in [-0.25, -0.2) is 4.98 Å². The van der Waals surface area contributed by atoms with E-state index in [1.165, 1.54) is 0 Å². The fourth-order valence-electron chi connectivity index (χ4n) is 2.71. The van der Waals surface area contributed by atoms with E-state index in [0.29, 0.717) is 23.8 Å². The van der Waals surface area contributed by atoms with Crippen molar-refractivity contribution in [2.75, 3.05) is 25.5 Å². The lowest BCUT2D eigenvalue weighted by Gasteiger charge is -2.26. The van der Waals surface area contributed by atoms with E-state index in [-0.39, 0.29) is 12.0 Å². The van der Waals surface area contributed by atoms with Gasteiger partial charge in [0.15, 0.2) is 0 Å². The van der Waals surface area contributed by atoms with Gasteiger partial charge < -0.3 is 15.3 Å². The van der Waals surface area contributed by atoms with Crippen molar-refractivity contribution in [1.82, 2.24) is 10.3 Å². The van der Waals surface area contributed by atoms with E-state index in [0.717, 1.165) is 25.7 Å². The van der Waals surface area contributed by atoms with E-state index in [9.17, 15) is 9.90 Å². The maximum atomic E-state index is 12.3. The van der Waals surface area contributed by atoms with Gasteiger partial charge in [0.25, 0.3) is 5.91 Å². The number of aliphatic hydroxyl groups excluding tert-OH is 1. The van der Waals surface area contributed by atoms with Crippen molar-refractivity contribution in [2.24, 2.45) is 5.92 Å². The molecule has 1 heterocycles. The van der Waals surface area contributed by atoms with Crippen molar-refractivity contribution in [2.45, 2.75) is 31.8 Å². The Balaban J connectivity index is 1.95. The second kappa shape index (κ2) is 6.70.